The minimum Gasteiger partial charge on any atom is -0.367 e. The van der Waals surface area contributed by atoms with Gasteiger partial charge in [0.2, 0.25) is 11.6 Å². The first-order valence-corrected chi connectivity index (χ1v) is 6.32. The lowest BCUT2D eigenvalue weighted by molar-refractivity contribution is 0.870. The van der Waals surface area contributed by atoms with Gasteiger partial charge >= 0.3 is 0 Å². The maximum absolute atomic E-state index is 5.64. The van der Waals surface area contributed by atoms with E-state index in [2.05, 4.69) is 32.4 Å². The second-order valence-corrected chi connectivity index (χ2v) is 4.61. The predicted molar refractivity (Wildman–Crippen MR) is 69.0 cm³/mol. The van der Waals surface area contributed by atoms with E-state index in [0.29, 0.717) is 5.65 Å². The van der Waals surface area contributed by atoms with Gasteiger partial charge in [-0.15, -0.1) is 15.3 Å². The quantitative estimate of drug-likeness (QED) is 0.715. The van der Waals surface area contributed by atoms with Gasteiger partial charge in [-0.3, -0.25) is 0 Å². The number of nitrogen functional groups attached to an aromatic ring is 1. The van der Waals surface area contributed by atoms with E-state index in [-0.39, 0.29) is 5.95 Å². The van der Waals surface area contributed by atoms with Gasteiger partial charge in [0.05, 0.1) is 0 Å². The monoisotopic (exact) mass is 258 g/mol. The van der Waals surface area contributed by atoms with Crippen LogP contribution in [-0.2, 0) is 5.75 Å². The molecule has 90 valence electrons. The van der Waals surface area contributed by atoms with Crippen LogP contribution in [0.5, 0.6) is 0 Å². The lowest BCUT2D eigenvalue weighted by atomic mass is 10.2. The molecule has 6 nitrogen and oxygen atoms in total. The van der Waals surface area contributed by atoms with E-state index in [1.807, 2.05) is 18.2 Å². The summed E-state index contributed by atoms with van der Waals surface area (Å²) in [6.07, 6.45) is 1.51. The Morgan fingerprint density at radius 3 is 2.89 bits per heavy atom. The number of nitrogens with two attached hydrogens (primary N) is 1. The molecular formula is C11H10N6S. The summed E-state index contributed by atoms with van der Waals surface area (Å²) in [5.41, 5.74) is 7.49. The molecule has 0 fully saturated rings. The minimum absolute atomic E-state index is 0.220. The molecule has 1 aromatic carbocycles. The second kappa shape index (κ2) is 4.61. The Kier molecular flexibility index (Phi) is 2.81. The van der Waals surface area contributed by atoms with Crippen LogP contribution in [0.15, 0.2) is 41.7 Å². The van der Waals surface area contributed by atoms with Crippen molar-refractivity contribution in [1.29, 1.82) is 0 Å². The molecule has 0 saturated heterocycles. The molecule has 0 aliphatic rings. The van der Waals surface area contributed by atoms with Crippen LogP contribution in [0.1, 0.15) is 5.56 Å². The van der Waals surface area contributed by atoms with Gasteiger partial charge in [0.25, 0.3) is 0 Å². The highest BCUT2D eigenvalue weighted by Crippen LogP contribution is 2.23. The zero-order valence-corrected chi connectivity index (χ0v) is 10.2. The van der Waals surface area contributed by atoms with Crippen molar-refractivity contribution >= 4 is 23.4 Å². The van der Waals surface area contributed by atoms with E-state index in [1.54, 1.807) is 11.8 Å². The summed E-state index contributed by atoms with van der Waals surface area (Å²) in [7, 11) is 0. The molecule has 0 amide bonds. The molecule has 2 N–H and O–H groups in total. The third kappa shape index (κ3) is 2.12. The van der Waals surface area contributed by atoms with Crippen LogP contribution >= 0.6 is 11.8 Å². The first-order valence-electron chi connectivity index (χ1n) is 5.33. The van der Waals surface area contributed by atoms with E-state index in [1.165, 1.54) is 16.4 Å². The molecule has 3 aromatic rings. The molecule has 0 spiro atoms. The average molecular weight is 258 g/mol. The molecule has 0 saturated carbocycles. The topological polar surface area (TPSA) is 82.0 Å². The van der Waals surface area contributed by atoms with Gasteiger partial charge < -0.3 is 5.73 Å². The maximum Gasteiger partial charge on any atom is 0.239 e. The van der Waals surface area contributed by atoms with Crippen LogP contribution in [-0.4, -0.2) is 24.8 Å². The SMILES string of the molecule is Nc1nc(SCc2ccccc2)c2nncn2n1. The fraction of sp³-hybridized carbons (Fsp3) is 0.0909. The van der Waals surface area contributed by atoms with Crippen LogP contribution in [0.2, 0.25) is 0 Å². The molecule has 2 heterocycles. The normalized spacial score (nSPS) is 10.9. The third-order valence-corrected chi connectivity index (χ3v) is 3.39. The number of thioether (sulfide) groups is 1. The summed E-state index contributed by atoms with van der Waals surface area (Å²) in [5, 5.41) is 12.5. The Balaban J connectivity index is 1.88. The van der Waals surface area contributed by atoms with Gasteiger partial charge in [-0.2, -0.15) is 4.52 Å². The molecule has 0 aliphatic carbocycles. The largest absolute Gasteiger partial charge is 0.367 e. The van der Waals surface area contributed by atoms with Crippen molar-refractivity contribution in [3.05, 3.63) is 42.2 Å². The molecule has 18 heavy (non-hydrogen) atoms. The highest BCUT2D eigenvalue weighted by Gasteiger charge is 2.09. The van der Waals surface area contributed by atoms with E-state index in [9.17, 15) is 0 Å². The molecule has 0 atom stereocenters. The number of anilines is 1. The van der Waals surface area contributed by atoms with E-state index in [4.69, 9.17) is 5.73 Å². The molecule has 2 aromatic heterocycles. The highest BCUT2D eigenvalue weighted by molar-refractivity contribution is 7.98. The molecule has 0 bridgehead atoms. The predicted octanol–water partition coefficient (Wildman–Crippen LogP) is 1.39. The minimum atomic E-state index is 0.220. The van der Waals surface area contributed by atoms with Crippen LogP contribution in [0.4, 0.5) is 5.95 Å². The van der Waals surface area contributed by atoms with Crippen LogP contribution in [0.3, 0.4) is 0 Å². The summed E-state index contributed by atoms with van der Waals surface area (Å²) < 4.78 is 1.54. The van der Waals surface area contributed by atoms with Crippen molar-refractivity contribution in [3.8, 4) is 0 Å². The van der Waals surface area contributed by atoms with Crippen molar-refractivity contribution in [3.63, 3.8) is 0 Å². The third-order valence-electron chi connectivity index (χ3n) is 2.37. The highest BCUT2D eigenvalue weighted by atomic mass is 32.2. The van der Waals surface area contributed by atoms with Gasteiger partial charge in [0.15, 0.2) is 0 Å². The van der Waals surface area contributed by atoms with Crippen molar-refractivity contribution in [1.82, 2.24) is 24.8 Å². The fourth-order valence-corrected chi connectivity index (χ4v) is 2.47. The summed E-state index contributed by atoms with van der Waals surface area (Å²) >= 11 is 1.57. The van der Waals surface area contributed by atoms with E-state index >= 15 is 0 Å². The fourth-order valence-electron chi connectivity index (χ4n) is 1.55. The lowest BCUT2D eigenvalue weighted by Crippen LogP contribution is -2.02. The number of aromatic nitrogens is 5. The number of rotatable bonds is 3. The van der Waals surface area contributed by atoms with Crippen LogP contribution in [0, 0.1) is 0 Å². The molecule has 0 unspecified atom stereocenters. The smallest absolute Gasteiger partial charge is 0.239 e. The summed E-state index contributed by atoms with van der Waals surface area (Å²) in [4.78, 5) is 4.19. The maximum atomic E-state index is 5.64. The Labute approximate surface area is 107 Å². The Morgan fingerprint density at radius 2 is 2.06 bits per heavy atom. The molecule has 0 radical (unpaired) electrons. The van der Waals surface area contributed by atoms with Crippen molar-refractivity contribution in [2.24, 2.45) is 0 Å². The number of benzene rings is 1. The summed E-state index contributed by atoms with van der Waals surface area (Å²) in [6.45, 7) is 0. The summed E-state index contributed by atoms with van der Waals surface area (Å²) in [5.74, 6) is 1.03. The van der Waals surface area contributed by atoms with Crippen LogP contribution in [0.25, 0.3) is 5.65 Å². The second-order valence-electron chi connectivity index (χ2n) is 3.65. The lowest BCUT2D eigenvalue weighted by Gasteiger charge is -2.03. The standard InChI is InChI=1S/C11H10N6S/c12-11-14-10(9-15-13-7-17(9)16-11)18-6-8-4-2-1-3-5-8/h1-5,7H,6H2,(H2,12,16). The first-order chi connectivity index (χ1) is 8.83. The van der Waals surface area contributed by atoms with Crippen molar-refractivity contribution in [2.75, 3.05) is 5.73 Å². The van der Waals surface area contributed by atoms with E-state index < -0.39 is 0 Å². The van der Waals surface area contributed by atoms with Crippen LogP contribution < -0.4 is 5.73 Å². The Bertz CT molecular complexity index is 666. The number of hydrogen-bond donors (Lipinski definition) is 1. The first kappa shape index (κ1) is 11.0. The zero-order valence-electron chi connectivity index (χ0n) is 9.39. The molecule has 0 aliphatic heterocycles. The van der Waals surface area contributed by atoms with Crippen molar-refractivity contribution < 1.29 is 0 Å². The summed E-state index contributed by atoms with van der Waals surface area (Å²) in [6, 6.07) is 10.2. The van der Waals surface area contributed by atoms with Gasteiger partial charge in [-0.25, -0.2) is 4.98 Å². The van der Waals surface area contributed by atoms with Gasteiger partial charge in [-0.05, 0) is 5.56 Å². The average Bonchev–Trinajstić information content (AvgIpc) is 2.85. The number of nitrogens with zero attached hydrogens (tertiary/aromatic N) is 5. The van der Waals surface area contributed by atoms with Gasteiger partial charge in [0, 0.05) is 5.75 Å². The Hall–Kier alpha value is -2.15. The van der Waals surface area contributed by atoms with E-state index in [0.717, 1.165) is 10.8 Å². The molecular weight excluding hydrogens is 248 g/mol. The number of fused-ring (bicyclic) bond motifs is 1. The molecule has 3 rings (SSSR count). The zero-order chi connectivity index (χ0) is 12.4. The molecule has 7 heteroatoms. The van der Waals surface area contributed by atoms with Gasteiger partial charge in [-0.1, -0.05) is 42.1 Å². The Morgan fingerprint density at radius 1 is 1.22 bits per heavy atom. The van der Waals surface area contributed by atoms with Crippen molar-refractivity contribution in [2.45, 2.75) is 10.8 Å². The van der Waals surface area contributed by atoms with Gasteiger partial charge in [0.1, 0.15) is 11.4 Å². The number of hydrogen-bond acceptors (Lipinski definition) is 6.